The number of halogens is 2. The molecule has 0 aromatic carbocycles. The van der Waals surface area contributed by atoms with Gasteiger partial charge in [-0.1, -0.05) is 23.2 Å². The van der Waals surface area contributed by atoms with Crippen molar-refractivity contribution in [1.29, 1.82) is 0 Å². The Bertz CT molecular complexity index is 640. The predicted octanol–water partition coefficient (Wildman–Crippen LogP) is 3.47. The Balaban J connectivity index is 1.62. The first-order chi connectivity index (χ1) is 10.7. The molecule has 0 bridgehead atoms. The van der Waals surface area contributed by atoms with Crippen LogP contribution in [0.4, 0.5) is 5.82 Å². The smallest absolute Gasteiger partial charge is 0.232 e. The van der Waals surface area contributed by atoms with Crippen LogP contribution in [0.5, 0.6) is 5.88 Å². The molecule has 3 rings (SSSR count). The average molecular weight is 339 g/mol. The SMILES string of the molecule is Clc1cccnc1OCC1CCCN(c2ncncc2Cl)C1. The van der Waals surface area contributed by atoms with Gasteiger partial charge in [-0.15, -0.1) is 0 Å². The van der Waals surface area contributed by atoms with Crippen LogP contribution in [0.2, 0.25) is 10.0 Å². The van der Waals surface area contributed by atoms with Gasteiger partial charge in [0.15, 0.2) is 5.82 Å². The molecule has 116 valence electrons. The van der Waals surface area contributed by atoms with Crippen LogP contribution in [-0.4, -0.2) is 34.6 Å². The summed E-state index contributed by atoms with van der Waals surface area (Å²) >= 11 is 12.2. The molecular weight excluding hydrogens is 323 g/mol. The summed E-state index contributed by atoms with van der Waals surface area (Å²) in [6, 6.07) is 3.56. The minimum atomic E-state index is 0.387. The molecule has 0 aliphatic carbocycles. The van der Waals surface area contributed by atoms with E-state index in [1.54, 1.807) is 24.5 Å². The van der Waals surface area contributed by atoms with E-state index in [0.717, 1.165) is 31.7 Å². The lowest BCUT2D eigenvalue weighted by Gasteiger charge is -2.33. The third-order valence-corrected chi connectivity index (χ3v) is 4.20. The van der Waals surface area contributed by atoms with Gasteiger partial charge in [0.1, 0.15) is 16.4 Å². The fourth-order valence-corrected chi connectivity index (χ4v) is 3.01. The van der Waals surface area contributed by atoms with Crippen molar-refractivity contribution in [2.45, 2.75) is 12.8 Å². The highest BCUT2D eigenvalue weighted by Gasteiger charge is 2.23. The number of aromatic nitrogens is 3. The topological polar surface area (TPSA) is 51.1 Å². The summed E-state index contributed by atoms with van der Waals surface area (Å²) in [7, 11) is 0. The van der Waals surface area contributed by atoms with Gasteiger partial charge in [-0.05, 0) is 25.0 Å². The van der Waals surface area contributed by atoms with Crippen molar-refractivity contribution in [1.82, 2.24) is 15.0 Å². The van der Waals surface area contributed by atoms with Crippen molar-refractivity contribution >= 4 is 29.0 Å². The van der Waals surface area contributed by atoms with E-state index in [1.807, 2.05) is 0 Å². The third-order valence-electron chi connectivity index (χ3n) is 3.65. The Kier molecular flexibility index (Phi) is 4.95. The molecular formula is C15H16Cl2N4O. The molecule has 2 aromatic heterocycles. The van der Waals surface area contributed by atoms with Crippen LogP contribution >= 0.6 is 23.2 Å². The lowest BCUT2D eigenvalue weighted by molar-refractivity contribution is 0.221. The second-order valence-electron chi connectivity index (χ2n) is 5.25. The van der Waals surface area contributed by atoms with Gasteiger partial charge in [-0.3, -0.25) is 0 Å². The zero-order chi connectivity index (χ0) is 15.4. The Morgan fingerprint density at radius 1 is 1.27 bits per heavy atom. The minimum absolute atomic E-state index is 0.387. The van der Waals surface area contributed by atoms with E-state index in [-0.39, 0.29) is 0 Å². The summed E-state index contributed by atoms with van der Waals surface area (Å²) in [6.07, 6.45) is 7.00. The number of nitrogens with zero attached hydrogens (tertiary/aromatic N) is 4. The van der Waals surface area contributed by atoms with Gasteiger partial charge in [0.25, 0.3) is 0 Å². The minimum Gasteiger partial charge on any atom is -0.476 e. The summed E-state index contributed by atoms with van der Waals surface area (Å²) in [5.74, 6) is 1.66. The van der Waals surface area contributed by atoms with E-state index < -0.39 is 0 Å². The van der Waals surface area contributed by atoms with Gasteiger partial charge < -0.3 is 9.64 Å². The first-order valence-corrected chi connectivity index (χ1v) is 7.93. The van der Waals surface area contributed by atoms with Crippen molar-refractivity contribution < 1.29 is 4.74 Å². The fraction of sp³-hybridized carbons (Fsp3) is 0.400. The summed E-state index contributed by atoms with van der Waals surface area (Å²) in [5.41, 5.74) is 0. The molecule has 1 atom stereocenters. The Labute approximate surface area is 139 Å². The van der Waals surface area contributed by atoms with Crippen LogP contribution in [0.1, 0.15) is 12.8 Å². The zero-order valence-electron chi connectivity index (χ0n) is 12.0. The molecule has 1 unspecified atom stereocenters. The summed E-state index contributed by atoms with van der Waals surface area (Å²) in [4.78, 5) is 14.5. The quantitative estimate of drug-likeness (QED) is 0.854. The fourth-order valence-electron chi connectivity index (χ4n) is 2.61. The summed E-state index contributed by atoms with van der Waals surface area (Å²) in [6.45, 7) is 2.37. The number of rotatable bonds is 4. The van der Waals surface area contributed by atoms with E-state index in [0.29, 0.717) is 28.5 Å². The van der Waals surface area contributed by atoms with Crippen LogP contribution in [0.25, 0.3) is 0 Å². The molecule has 5 nitrogen and oxygen atoms in total. The normalized spacial score (nSPS) is 18.3. The largest absolute Gasteiger partial charge is 0.476 e. The maximum atomic E-state index is 6.17. The number of anilines is 1. The van der Waals surface area contributed by atoms with E-state index in [1.165, 1.54) is 6.33 Å². The van der Waals surface area contributed by atoms with Gasteiger partial charge in [0.2, 0.25) is 5.88 Å². The first kappa shape index (κ1) is 15.3. The van der Waals surface area contributed by atoms with Gasteiger partial charge in [-0.25, -0.2) is 15.0 Å². The van der Waals surface area contributed by atoms with E-state index in [4.69, 9.17) is 27.9 Å². The molecule has 1 aliphatic rings. The number of hydrogen-bond acceptors (Lipinski definition) is 5. The van der Waals surface area contributed by atoms with Crippen molar-refractivity contribution in [2.75, 3.05) is 24.6 Å². The molecule has 22 heavy (non-hydrogen) atoms. The number of hydrogen-bond donors (Lipinski definition) is 0. The van der Waals surface area contributed by atoms with Crippen molar-refractivity contribution in [3.8, 4) is 5.88 Å². The highest BCUT2D eigenvalue weighted by Crippen LogP contribution is 2.28. The van der Waals surface area contributed by atoms with Gasteiger partial charge in [-0.2, -0.15) is 0 Å². The van der Waals surface area contributed by atoms with Gasteiger partial charge in [0, 0.05) is 25.2 Å². The molecule has 7 heteroatoms. The molecule has 0 saturated carbocycles. The van der Waals surface area contributed by atoms with Crippen molar-refractivity contribution in [3.05, 3.63) is 40.9 Å². The molecule has 3 heterocycles. The first-order valence-electron chi connectivity index (χ1n) is 7.18. The predicted molar refractivity (Wildman–Crippen MR) is 86.7 cm³/mol. The van der Waals surface area contributed by atoms with Gasteiger partial charge >= 0.3 is 0 Å². The van der Waals surface area contributed by atoms with Crippen LogP contribution in [0.15, 0.2) is 30.9 Å². The summed E-state index contributed by atoms with van der Waals surface area (Å²) < 4.78 is 5.76. The lowest BCUT2D eigenvalue weighted by Crippen LogP contribution is -2.38. The Morgan fingerprint density at radius 2 is 2.18 bits per heavy atom. The molecule has 0 spiro atoms. The van der Waals surface area contributed by atoms with Crippen molar-refractivity contribution in [2.24, 2.45) is 5.92 Å². The van der Waals surface area contributed by atoms with E-state index in [9.17, 15) is 0 Å². The maximum absolute atomic E-state index is 6.17. The van der Waals surface area contributed by atoms with Gasteiger partial charge in [0.05, 0.1) is 12.8 Å². The van der Waals surface area contributed by atoms with Crippen LogP contribution in [0, 0.1) is 5.92 Å². The molecule has 0 radical (unpaired) electrons. The third kappa shape index (κ3) is 3.59. The van der Waals surface area contributed by atoms with E-state index in [2.05, 4.69) is 19.9 Å². The molecule has 1 fully saturated rings. The van der Waals surface area contributed by atoms with Crippen LogP contribution < -0.4 is 9.64 Å². The molecule has 2 aromatic rings. The maximum Gasteiger partial charge on any atom is 0.232 e. The molecule has 1 aliphatic heterocycles. The second kappa shape index (κ2) is 7.11. The Morgan fingerprint density at radius 3 is 3.00 bits per heavy atom. The van der Waals surface area contributed by atoms with Crippen LogP contribution in [0.3, 0.4) is 0 Å². The summed E-state index contributed by atoms with van der Waals surface area (Å²) in [5, 5.41) is 1.12. The van der Waals surface area contributed by atoms with Crippen molar-refractivity contribution in [3.63, 3.8) is 0 Å². The molecule has 0 amide bonds. The number of piperidine rings is 1. The Hall–Kier alpha value is -1.59. The monoisotopic (exact) mass is 338 g/mol. The number of pyridine rings is 1. The lowest BCUT2D eigenvalue weighted by atomic mass is 9.99. The highest BCUT2D eigenvalue weighted by molar-refractivity contribution is 6.32. The molecule has 0 N–H and O–H groups in total. The second-order valence-corrected chi connectivity index (χ2v) is 6.06. The van der Waals surface area contributed by atoms with Crippen LogP contribution in [-0.2, 0) is 0 Å². The highest BCUT2D eigenvalue weighted by atomic mass is 35.5. The molecule has 1 saturated heterocycles. The van der Waals surface area contributed by atoms with E-state index >= 15 is 0 Å². The standard InChI is InChI=1S/C15H16Cl2N4O/c16-12-4-1-5-19-15(12)22-9-11-3-2-6-21(8-11)14-13(17)7-18-10-20-14/h1,4-5,7,10-11H,2-3,6,8-9H2. The zero-order valence-corrected chi connectivity index (χ0v) is 13.5. The average Bonchev–Trinajstić information content (AvgIpc) is 2.55. The number of ether oxygens (including phenoxy) is 1.